The van der Waals surface area contributed by atoms with Crippen molar-refractivity contribution in [3.63, 3.8) is 0 Å². The lowest BCUT2D eigenvalue weighted by Crippen LogP contribution is -2.49. The van der Waals surface area contributed by atoms with Gasteiger partial charge in [-0.15, -0.1) is 12.4 Å². The van der Waals surface area contributed by atoms with Crippen LogP contribution in [0, 0.1) is 11.3 Å². The van der Waals surface area contributed by atoms with E-state index in [1.54, 1.807) is 0 Å². The van der Waals surface area contributed by atoms with Crippen LogP contribution >= 0.6 is 12.4 Å². The van der Waals surface area contributed by atoms with E-state index in [0.717, 1.165) is 39.0 Å². The molecular weight excluding hydrogens is 236 g/mol. The number of hydrogen-bond donors (Lipinski definition) is 1. The average Bonchev–Trinajstić information content (AvgIpc) is 2.29. The molecule has 0 aromatic rings. The van der Waals surface area contributed by atoms with Crippen molar-refractivity contribution in [1.29, 1.82) is 0 Å². The van der Waals surface area contributed by atoms with Gasteiger partial charge < -0.3 is 10.2 Å². The summed E-state index contributed by atoms with van der Waals surface area (Å²) in [6, 6.07) is 0. The SMILES string of the molecule is CC1(C)CCC(C(=O)N2CCNCC2)CC1.Cl. The largest absolute Gasteiger partial charge is 0.340 e. The van der Waals surface area contributed by atoms with E-state index in [-0.39, 0.29) is 12.4 Å². The Bertz CT molecular complexity index is 252. The number of halogens is 1. The number of nitrogens with one attached hydrogen (secondary N) is 1. The van der Waals surface area contributed by atoms with Gasteiger partial charge in [-0.3, -0.25) is 4.79 Å². The van der Waals surface area contributed by atoms with Gasteiger partial charge in [0.25, 0.3) is 0 Å². The molecule has 1 aliphatic heterocycles. The summed E-state index contributed by atoms with van der Waals surface area (Å²) in [5.74, 6) is 0.725. The molecule has 1 heterocycles. The van der Waals surface area contributed by atoms with Gasteiger partial charge in [0.1, 0.15) is 0 Å². The third kappa shape index (κ3) is 3.85. The summed E-state index contributed by atoms with van der Waals surface area (Å²) in [7, 11) is 0. The number of piperazine rings is 1. The number of amides is 1. The van der Waals surface area contributed by atoms with Crippen molar-refractivity contribution in [2.75, 3.05) is 26.2 Å². The molecule has 1 saturated carbocycles. The zero-order valence-electron chi connectivity index (χ0n) is 11.0. The van der Waals surface area contributed by atoms with Gasteiger partial charge in [0.15, 0.2) is 0 Å². The van der Waals surface area contributed by atoms with Crippen molar-refractivity contribution >= 4 is 18.3 Å². The third-order valence-electron chi connectivity index (χ3n) is 4.12. The molecule has 17 heavy (non-hydrogen) atoms. The summed E-state index contributed by atoms with van der Waals surface area (Å²) in [4.78, 5) is 14.3. The van der Waals surface area contributed by atoms with Crippen molar-refractivity contribution in [2.24, 2.45) is 11.3 Å². The van der Waals surface area contributed by atoms with Crippen LogP contribution in [-0.2, 0) is 4.79 Å². The van der Waals surface area contributed by atoms with E-state index in [0.29, 0.717) is 17.2 Å². The number of hydrogen-bond acceptors (Lipinski definition) is 2. The van der Waals surface area contributed by atoms with E-state index in [1.807, 2.05) is 0 Å². The van der Waals surface area contributed by atoms with Gasteiger partial charge in [-0.2, -0.15) is 0 Å². The van der Waals surface area contributed by atoms with Crippen LogP contribution in [0.3, 0.4) is 0 Å². The summed E-state index contributed by atoms with van der Waals surface area (Å²) in [6.07, 6.45) is 4.59. The first-order valence-corrected chi connectivity index (χ1v) is 6.58. The van der Waals surface area contributed by atoms with E-state index in [1.165, 1.54) is 12.8 Å². The Hall–Kier alpha value is -0.280. The Morgan fingerprint density at radius 1 is 1.18 bits per heavy atom. The zero-order chi connectivity index (χ0) is 11.6. The van der Waals surface area contributed by atoms with E-state index < -0.39 is 0 Å². The first-order chi connectivity index (χ1) is 7.58. The number of nitrogens with zero attached hydrogens (tertiary/aromatic N) is 1. The van der Waals surface area contributed by atoms with Crippen molar-refractivity contribution in [2.45, 2.75) is 39.5 Å². The summed E-state index contributed by atoms with van der Waals surface area (Å²) < 4.78 is 0. The molecule has 2 rings (SSSR count). The van der Waals surface area contributed by atoms with Crippen LogP contribution in [0.2, 0.25) is 0 Å². The van der Waals surface area contributed by atoms with Crippen LogP contribution in [0.1, 0.15) is 39.5 Å². The smallest absolute Gasteiger partial charge is 0.225 e. The average molecular weight is 261 g/mol. The first kappa shape index (κ1) is 14.8. The molecule has 1 amide bonds. The molecule has 100 valence electrons. The molecule has 0 unspecified atom stereocenters. The second-order valence-electron chi connectivity index (χ2n) is 6.01. The van der Waals surface area contributed by atoms with Gasteiger partial charge in [0.2, 0.25) is 5.91 Å². The maximum absolute atomic E-state index is 12.3. The number of carbonyl (C=O) groups excluding carboxylic acids is 1. The maximum atomic E-state index is 12.3. The molecule has 1 saturated heterocycles. The standard InChI is InChI=1S/C13H24N2O.ClH/c1-13(2)5-3-11(4-6-13)12(16)15-9-7-14-8-10-15;/h11,14H,3-10H2,1-2H3;1H. The van der Waals surface area contributed by atoms with Crippen LogP contribution in [0.25, 0.3) is 0 Å². The van der Waals surface area contributed by atoms with Crippen LogP contribution < -0.4 is 5.32 Å². The Morgan fingerprint density at radius 2 is 1.71 bits per heavy atom. The molecule has 0 aromatic heterocycles. The highest BCUT2D eigenvalue weighted by atomic mass is 35.5. The fourth-order valence-corrected chi connectivity index (χ4v) is 2.79. The topological polar surface area (TPSA) is 32.3 Å². The lowest BCUT2D eigenvalue weighted by Gasteiger charge is -2.37. The molecule has 0 spiro atoms. The summed E-state index contributed by atoms with van der Waals surface area (Å²) in [6.45, 7) is 8.36. The Morgan fingerprint density at radius 3 is 2.24 bits per heavy atom. The predicted molar refractivity (Wildman–Crippen MR) is 72.4 cm³/mol. The van der Waals surface area contributed by atoms with Gasteiger partial charge in [0.05, 0.1) is 0 Å². The van der Waals surface area contributed by atoms with Gasteiger partial charge in [-0.05, 0) is 31.1 Å². The Kier molecular flexibility index (Phi) is 5.26. The van der Waals surface area contributed by atoms with E-state index >= 15 is 0 Å². The second kappa shape index (κ2) is 6.05. The van der Waals surface area contributed by atoms with E-state index in [4.69, 9.17) is 0 Å². The zero-order valence-corrected chi connectivity index (χ0v) is 11.8. The van der Waals surface area contributed by atoms with Crippen LogP contribution in [-0.4, -0.2) is 37.0 Å². The Balaban J connectivity index is 0.00000144. The molecule has 2 aliphatic rings. The molecule has 2 fully saturated rings. The van der Waals surface area contributed by atoms with Crippen molar-refractivity contribution in [1.82, 2.24) is 10.2 Å². The predicted octanol–water partition coefficient (Wildman–Crippen LogP) is 2.06. The van der Waals surface area contributed by atoms with Crippen LogP contribution in [0.5, 0.6) is 0 Å². The maximum Gasteiger partial charge on any atom is 0.225 e. The number of carbonyl (C=O) groups is 1. The highest BCUT2D eigenvalue weighted by molar-refractivity contribution is 5.85. The molecule has 1 aliphatic carbocycles. The lowest BCUT2D eigenvalue weighted by atomic mass is 9.73. The highest BCUT2D eigenvalue weighted by Gasteiger charge is 2.32. The van der Waals surface area contributed by atoms with Gasteiger partial charge in [-0.1, -0.05) is 13.8 Å². The minimum atomic E-state index is 0. The quantitative estimate of drug-likeness (QED) is 0.783. The number of rotatable bonds is 1. The fourth-order valence-electron chi connectivity index (χ4n) is 2.79. The fraction of sp³-hybridized carbons (Fsp3) is 0.923. The highest BCUT2D eigenvalue weighted by Crippen LogP contribution is 2.38. The molecule has 4 heteroatoms. The second-order valence-corrected chi connectivity index (χ2v) is 6.01. The van der Waals surface area contributed by atoms with Gasteiger partial charge in [0, 0.05) is 32.1 Å². The van der Waals surface area contributed by atoms with Gasteiger partial charge in [-0.25, -0.2) is 0 Å². The van der Waals surface area contributed by atoms with Crippen molar-refractivity contribution in [3.8, 4) is 0 Å². The summed E-state index contributed by atoms with van der Waals surface area (Å²) in [5, 5.41) is 3.29. The monoisotopic (exact) mass is 260 g/mol. The van der Waals surface area contributed by atoms with E-state index in [2.05, 4.69) is 24.1 Å². The van der Waals surface area contributed by atoms with Crippen LogP contribution in [0.4, 0.5) is 0 Å². The lowest BCUT2D eigenvalue weighted by molar-refractivity contribution is -0.137. The molecule has 1 N–H and O–H groups in total. The van der Waals surface area contributed by atoms with Crippen molar-refractivity contribution in [3.05, 3.63) is 0 Å². The summed E-state index contributed by atoms with van der Waals surface area (Å²) >= 11 is 0. The van der Waals surface area contributed by atoms with E-state index in [9.17, 15) is 4.79 Å². The Labute approximate surface area is 111 Å². The van der Waals surface area contributed by atoms with Gasteiger partial charge >= 0.3 is 0 Å². The molecule has 0 atom stereocenters. The minimum absolute atomic E-state index is 0. The normalized spacial score (nSPS) is 25.2. The molecule has 0 radical (unpaired) electrons. The summed E-state index contributed by atoms with van der Waals surface area (Å²) in [5.41, 5.74) is 0.459. The van der Waals surface area contributed by atoms with Crippen molar-refractivity contribution < 1.29 is 4.79 Å². The third-order valence-corrected chi connectivity index (χ3v) is 4.12. The van der Waals surface area contributed by atoms with Crippen LogP contribution in [0.15, 0.2) is 0 Å². The molecular formula is C13H25ClN2O. The minimum Gasteiger partial charge on any atom is -0.340 e. The molecule has 0 bridgehead atoms. The first-order valence-electron chi connectivity index (χ1n) is 6.58. The molecule has 0 aromatic carbocycles. The molecule has 3 nitrogen and oxygen atoms in total.